The third-order valence-electron chi connectivity index (χ3n) is 2.38. The van der Waals surface area contributed by atoms with Crippen LogP contribution in [0, 0.1) is 0 Å². The SMILES string of the molecule is CCOc1ccc(N)cc1.CCOc1ccc(N)cc1. The molecule has 0 saturated heterocycles. The molecule has 0 spiro atoms. The number of anilines is 2. The molecule has 0 unspecified atom stereocenters. The minimum atomic E-state index is 0.698. The van der Waals surface area contributed by atoms with Gasteiger partial charge in [-0.3, -0.25) is 0 Å². The third-order valence-corrected chi connectivity index (χ3v) is 2.38. The van der Waals surface area contributed by atoms with Crippen LogP contribution in [-0.4, -0.2) is 13.2 Å². The normalized spacial score (nSPS) is 9.30. The lowest BCUT2D eigenvalue weighted by atomic mass is 10.3. The van der Waals surface area contributed by atoms with Crippen LogP contribution in [0.25, 0.3) is 0 Å². The van der Waals surface area contributed by atoms with Gasteiger partial charge >= 0.3 is 0 Å². The van der Waals surface area contributed by atoms with Crippen molar-refractivity contribution in [3.05, 3.63) is 48.5 Å². The molecule has 0 amide bonds. The first-order valence-electron chi connectivity index (χ1n) is 6.62. The Kier molecular flexibility index (Phi) is 6.82. The van der Waals surface area contributed by atoms with Crippen LogP contribution in [0.5, 0.6) is 11.5 Å². The first kappa shape index (κ1) is 15.7. The van der Waals surface area contributed by atoms with Crippen molar-refractivity contribution in [1.29, 1.82) is 0 Å². The molecule has 0 heterocycles. The number of rotatable bonds is 4. The quantitative estimate of drug-likeness (QED) is 0.839. The summed E-state index contributed by atoms with van der Waals surface area (Å²) >= 11 is 0. The summed E-state index contributed by atoms with van der Waals surface area (Å²) in [5.74, 6) is 1.74. The van der Waals surface area contributed by atoms with E-state index in [9.17, 15) is 0 Å². The molecule has 0 aliphatic heterocycles. The Morgan fingerprint density at radius 2 is 0.950 bits per heavy atom. The van der Waals surface area contributed by atoms with Crippen molar-refractivity contribution in [2.24, 2.45) is 0 Å². The maximum absolute atomic E-state index is 5.47. The first-order chi connectivity index (χ1) is 9.65. The van der Waals surface area contributed by atoms with E-state index < -0.39 is 0 Å². The van der Waals surface area contributed by atoms with Crippen LogP contribution >= 0.6 is 0 Å². The van der Waals surface area contributed by atoms with Gasteiger partial charge in [0.1, 0.15) is 11.5 Å². The summed E-state index contributed by atoms with van der Waals surface area (Å²) in [4.78, 5) is 0. The fourth-order valence-corrected chi connectivity index (χ4v) is 1.46. The van der Waals surface area contributed by atoms with E-state index in [0.29, 0.717) is 13.2 Å². The van der Waals surface area contributed by atoms with Gasteiger partial charge in [0.25, 0.3) is 0 Å². The second-order valence-electron chi connectivity index (χ2n) is 4.00. The van der Waals surface area contributed by atoms with Gasteiger partial charge in [0.05, 0.1) is 13.2 Å². The monoisotopic (exact) mass is 274 g/mol. The minimum absolute atomic E-state index is 0.698. The molecule has 0 atom stereocenters. The highest BCUT2D eigenvalue weighted by atomic mass is 16.5. The summed E-state index contributed by atoms with van der Waals surface area (Å²) in [6.45, 7) is 5.31. The summed E-state index contributed by atoms with van der Waals surface area (Å²) in [5, 5.41) is 0. The van der Waals surface area contributed by atoms with Crippen molar-refractivity contribution < 1.29 is 9.47 Å². The van der Waals surface area contributed by atoms with Crippen molar-refractivity contribution >= 4 is 11.4 Å². The Labute approximate surface area is 120 Å². The fraction of sp³-hybridized carbons (Fsp3) is 0.250. The zero-order valence-corrected chi connectivity index (χ0v) is 12.0. The average Bonchev–Trinajstić information content (AvgIpc) is 2.45. The molecular weight excluding hydrogens is 252 g/mol. The number of hydrogen-bond acceptors (Lipinski definition) is 4. The average molecular weight is 274 g/mol. The molecule has 4 heteroatoms. The number of ether oxygens (including phenoxy) is 2. The highest BCUT2D eigenvalue weighted by molar-refractivity contribution is 5.42. The molecule has 0 bridgehead atoms. The standard InChI is InChI=1S/2C8H11NO/c2*1-2-10-8-5-3-7(9)4-6-8/h2*3-6H,2,9H2,1H3. The maximum atomic E-state index is 5.47. The van der Waals surface area contributed by atoms with Crippen LogP contribution in [0.3, 0.4) is 0 Å². The lowest BCUT2D eigenvalue weighted by Gasteiger charge is -2.01. The van der Waals surface area contributed by atoms with Gasteiger partial charge in [-0.05, 0) is 62.4 Å². The van der Waals surface area contributed by atoms with E-state index in [1.54, 1.807) is 0 Å². The third kappa shape index (κ3) is 6.00. The molecule has 4 N–H and O–H groups in total. The van der Waals surface area contributed by atoms with Crippen LogP contribution in [-0.2, 0) is 0 Å². The minimum Gasteiger partial charge on any atom is -0.494 e. The van der Waals surface area contributed by atoms with E-state index in [-0.39, 0.29) is 0 Å². The van der Waals surface area contributed by atoms with Crippen LogP contribution in [0.1, 0.15) is 13.8 Å². The van der Waals surface area contributed by atoms with Gasteiger partial charge < -0.3 is 20.9 Å². The van der Waals surface area contributed by atoms with Crippen LogP contribution < -0.4 is 20.9 Å². The molecule has 4 nitrogen and oxygen atoms in total. The lowest BCUT2D eigenvalue weighted by molar-refractivity contribution is 0.340. The summed E-state index contributed by atoms with van der Waals surface area (Å²) in [5.41, 5.74) is 12.5. The largest absolute Gasteiger partial charge is 0.494 e. The van der Waals surface area contributed by atoms with Gasteiger partial charge in [-0.2, -0.15) is 0 Å². The molecule has 2 aromatic carbocycles. The molecular formula is C16H22N2O2. The summed E-state index contributed by atoms with van der Waals surface area (Å²) in [6.07, 6.45) is 0. The molecule has 0 fully saturated rings. The van der Waals surface area contributed by atoms with Crippen LogP contribution in [0.4, 0.5) is 11.4 Å². The van der Waals surface area contributed by atoms with Crippen molar-refractivity contribution in [2.45, 2.75) is 13.8 Å². The second kappa shape index (κ2) is 8.69. The van der Waals surface area contributed by atoms with Gasteiger partial charge in [0.15, 0.2) is 0 Å². The van der Waals surface area contributed by atoms with Crippen LogP contribution in [0.2, 0.25) is 0 Å². The predicted molar refractivity (Wildman–Crippen MR) is 84.0 cm³/mol. The van der Waals surface area contributed by atoms with Gasteiger partial charge in [-0.15, -0.1) is 0 Å². The summed E-state index contributed by atoms with van der Waals surface area (Å²) < 4.78 is 10.4. The Hall–Kier alpha value is -2.36. The molecule has 0 aliphatic rings. The van der Waals surface area contributed by atoms with E-state index in [4.69, 9.17) is 20.9 Å². The summed E-state index contributed by atoms with van der Waals surface area (Å²) in [6, 6.07) is 14.7. The van der Waals surface area contributed by atoms with E-state index in [1.165, 1.54) is 0 Å². The van der Waals surface area contributed by atoms with Gasteiger partial charge in [-0.1, -0.05) is 0 Å². The Balaban J connectivity index is 0.000000200. The number of nitrogens with two attached hydrogens (primary N) is 2. The zero-order valence-electron chi connectivity index (χ0n) is 12.0. The predicted octanol–water partition coefficient (Wildman–Crippen LogP) is 3.34. The topological polar surface area (TPSA) is 70.5 Å². The molecule has 108 valence electrons. The molecule has 2 aromatic rings. The molecule has 0 aromatic heterocycles. The molecule has 20 heavy (non-hydrogen) atoms. The fourth-order valence-electron chi connectivity index (χ4n) is 1.46. The van der Waals surface area contributed by atoms with Crippen molar-refractivity contribution in [3.63, 3.8) is 0 Å². The second-order valence-corrected chi connectivity index (χ2v) is 4.00. The van der Waals surface area contributed by atoms with Gasteiger partial charge in [-0.25, -0.2) is 0 Å². The number of benzene rings is 2. The van der Waals surface area contributed by atoms with Gasteiger partial charge in [0, 0.05) is 11.4 Å². The lowest BCUT2D eigenvalue weighted by Crippen LogP contribution is -1.91. The van der Waals surface area contributed by atoms with E-state index >= 15 is 0 Å². The Morgan fingerprint density at radius 1 is 0.650 bits per heavy atom. The highest BCUT2D eigenvalue weighted by Crippen LogP contribution is 2.13. The smallest absolute Gasteiger partial charge is 0.119 e. The number of hydrogen-bond donors (Lipinski definition) is 2. The zero-order chi connectivity index (χ0) is 14.8. The molecule has 0 saturated carbocycles. The number of nitrogen functional groups attached to an aromatic ring is 2. The van der Waals surface area contributed by atoms with Gasteiger partial charge in [0.2, 0.25) is 0 Å². The molecule has 0 radical (unpaired) electrons. The van der Waals surface area contributed by atoms with Crippen molar-refractivity contribution in [1.82, 2.24) is 0 Å². The van der Waals surface area contributed by atoms with Crippen molar-refractivity contribution in [3.8, 4) is 11.5 Å². The van der Waals surface area contributed by atoms with Crippen LogP contribution in [0.15, 0.2) is 48.5 Å². The Morgan fingerprint density at radius 3 is 1.20 bits per heavy atom. The van der Waals surface area contributed by atoms with E-state index in [0.717, 1.165) is 22.9 Å². The maximum Gasteiger partial charge on any atom is 0.119 e. The van der Waals surface area contributed by atoms with Crippen molar-refractivity contribution in [2.75, 3.05) is 24.7 Å². The molecule has 2 rings (SSSR count). The summed E-state index contributed by atoms with van der Waals surface area (Å²) in [7, 11) is 0. The highest BCUT2D eigenvalue weighted by Gasteiger charge is 1.89. The molecule has 0 aliphatic carbocycles. The Bertz CT molecular complexity index is 433. The first-order valence-corrected chi connectivity index (χ1v) is 6.62. The van der Waals surface area contributed by atoms with E-state index in [2.05, 4.69) is 0 Å². The van der Waals surface area contributed by atoms with E-state index in [1.807, 2.05) is 62.4 Å².